The molecular formula is C4H5ClNOS+. The lowest BCUT2D eigenvalue weighted by Crippen LogP contribution is -2.29. The maximum Gasteiger partial charge on any atom is 0.286 e. The van der Waals surface area contributed by atoms with Crippen molar-refractivity contribution < 1.29 is 9.94 Å². The molecule has 8 heavy (non-hydrogen) atoms. The first kappa shape index (κ1) is 5.85. The molecule has 0 bridgehead atoms. The van der Waals surface area contributed by atoms with Gasteiger partial charge >= 0.3 is 0 Å². The molecule has 0 aliphatic carbocycles. The zero-order valence-electron chi connectivity index (χ0n) is 4.26. The van der Waals surface area contributed by atoms with E-state index in [2.05, 4.69) is 0 Å². The van der Waals surface area contributed by atoms with Crippen LogP contribution in [0.3, 0.4) is 0 Å². The quantitative estimate of drug-likeness (QED) is 0.437. The van der Waals surface area contributed by atoms with Crippen molar-refractivity contribution in [3.05, 3.63) is 15.5 Å². The van der Waals surface area contributed by atoms with Crippen molar-refractivity contribution in [3.8, 4) is 0 Å². The Morgan fingerprint density at radius 2 is 2.50 bits per heavy atom. The Morgan fingerprint density at radius 3 is 2.62 bits per heavy atom. The first-order valence-corrected chi connectivity index (χ1v) is 3.26. The molecular weight excluding hydrogens is 146 g/mol. The second-order valence-electron chi connectivity index (χ2n) is 1.40. The molecule has 0 unspecified atom stereocenters. The second kappa shape index (κ2) is 1.91. The van der Waals surface area contributed by atoms with Gasteiger partial charge in [-0.05, 0) is 0 Å². The zero-order valence-corrected chi connectivity index (χ0v) is 5.83. The first-order valence-electron chi connectivity index (χ1n) is 2.07. The van der Waals surface area contributed by atoms with E-state index < -0.39 is 0 Å². The van der Waals surface area contributed by atoms with E-state index in [9.17, 15) is 0 Å². The van der Waals surface area contributed by atoms with Crippen molar-refractivity contribution in [2.75, 3.05) is 0 Å². The van der Waals surface area contributed by atoms with E-state index in [4.69, 9.17) is 16.8 Å². The van der Waals surface area contributed by atoms with Crippen molar-refractivity contribution in [1.82, 2.24) is 0 Å². The first-order chi connectivity index (χ1) is 3.70. The Kier molecular flexibility index (Phi) is 1.40. The molecule has 4 heteroatoms. The predicted molar refractivity (Wildman–Crippen MR) is 31.4 cm³/mol. The summed E-state index contributed by atoms with van der Waals surface area (Å²) in [6.45, 7) is 1.79. The van der Waals surface area contributed by atoms with E-state index in [1.54, 1.807) is 6.92 Å². The Labute approximate surface area is 55.9 Å². The molecule has 2 nitrogen and oxygen atoms in total. The van der Waals surface area contributed by atoms with E-state index in [-0.39, 0.29) is 0 Å². The molecule has 0 saturated heterocycles. The predicted octanol–water partition coefficient (Wildman–Crippen LogP) is 1.23. The van der Waals surface area contributed by atoms with Crippen LogP contribution in [-0.2, 0) is 0 Å². The average Bonchev–Trinajstić information content (AvgIpc) is 1.85. The molecule has 44 valence electrons. The number of aryl methyl sites for hydroxylation is 1. The molecule has 1 heterocycles. The molecule has 1 aromatic rings. The average molecular weight is 151 g/mol. The molecule has 0 aromatic carbocycles. The van der Waals surface area contributed by atoms with Crippen molar-refractivity contribution >= 4 is 22.9 Å². The summed E-state index contributed by atoms with van der Waals surface area (Å²) < 4.78 is 1.61. The third kappa shape index (κ3) is 0.928. The van der Waals surface area contributed by atoms with Gasteiger partial charge in [0.1, 0.15) is 0 Å². The lowest BCUT2D eigenvalue weighted by atomic mass is 10.8. The summed E-state index contributed by atoms with van der Waals surface area (Å²) >= 11 is 6.85. The number of halogens is 1. The van der Waals surface area contributed by atoms with Gasteiger partial charge in [0.2, 0.25) is 0 Å². The maximum atomic E-state index is 8.78. The van der Waals surface area contributed by atoms with Gasteiger partial charge in [-0.1, -0.05) is 22.9 Å². The van der Waals surface area contributed by atoms with E-state index in [0.717, 1.165) is 9.74 Å². The van der Waals surface area contributed by atoms with Crippen LogP contribution in [0.25, 0.3) is 0 Å². The Morgan fingerprint density at radius 1 is 1.88 bits per heavy atom. The van der Waals surface area contributed by atoms with Crippen LogP contribution in [0.4, 0.5) is 0 Å². The lowest BCUT2D eigenvalue weighted by molar-refractivity contribution is -0.905. The van der Waals surface area contributed by atoms with Crippen LogP contribution in [0.5, 0.6) is 0 Å². The Bertz CT molecular complexity index is 178. The summed E-state index contributed by atoms with van der Waals surface area (Å²) in [5.74, 6) is 0. The SMILES string of the molecule is Cc1sc(Cl)c[n+]1O. The summed E-state index contributed by atoms with van der Waals surface area (Å²) in [6, 6.07) is 0. The third-order valence-electron chi connectivity index (χ3n) is 0.792. The fourth-order valence-corrected chi connectivity index (χ4v) is 1.41. The minimum Gasteiger partial charge on any atom is -0.284 e. The number of rotatable bonds is 0. The highest BCUT2D eigenvalue weighted by Gasteiger charge is 2.08. The number of thiazole rings is 1. The summed E-state index contributed by atoms with van der Waals surface area (Å²) in [6.07, 6.45) is 1.46. The van der Waals surface area contributed by atoms with E-state index in [1.165, 1.54) is 17.5 Å². The standard InChI is InChI=1S/C4H5ClNOS/c1-3-6(7)2-4(5)8-3/h2,7H,1H3/q+1. The zero-order chi connectivity index (χ0) is 6.15. The van der Waals surface area contributed by atoms with E-state index in [0.29, 0.717) is 4.34 Å². The summed E-state index contributed by atoms with van der Waals surface area (Å²) in [5, 5.41) is 9.57. The van der Waals surface area contributed by atoms with Crippen LogP contribution in [-0.4, -0.2) is 5.21 Å². The Balaban J connectivity index is 3.14. The van der Waals surface area contributed by atoms with Crippen molar-refractivity contribution in [3.63, 3.8) is 0 Å². The van der Waals surface area contributed by atoms with Gasteiger partial charge in [0.25, 0.3) is 11.2 Å². The van der Waals surface area contributed by atoms with E-state index >= 15 is 0 Å². The summed E-state index contributed by atoms with van der Waals surface area (Å²) in [7, 11) is 0. The number of hydrogen-bond acceptors (Lipinski definition) is 2. The van der Waals surface area contributed by atoms with E-state index in [1.807, 2.05) is 0 Å². The molecule has 0 atom stereocenters. The highest BCUT2D eigenvalue weighted by molar-refractivity contribution is 7.15. The van der Waals surface area contributed by atoms with Gasteiger partial charge in [-0.2, -0.15) is 0 Å². The normalized spacial score (nSPS) is 9.75. The maximum absolute atomic E-state index is 8.78. The molecule has 0 spiro atoms. The van der Waals surface area contributed by atoms with Crippen LogP contribution in [0.2, 0.25) is 4.34 Å². The molecule has 1 rings (SSSR count). The molecule has 0 saturated carbocycles. The molecule has 0 fully saturated rings. The smallest absolute Gasteiger partial charge is 0.284 e. The molecule has 0 aliphatic rings. The van der Waals surface area contributed by atoms with Gasteiger partial charge in [-0.3, -0.25) is 5.21 Å². The largest absolute Gasteiger partial charge is 0.286 e. The van der Waals surface area contributed by atoms with Crippen LogP contribution in [0.15, 0.2) is 6.20 Å². The number of aromatic nitrogens is 1. The van der Waals surface area contributed by atoms with Gasteiger partial charge < -0.3 is 0 Å². The monoisotopic (exact) mass is 150 g/mol. The van der Waals surface area contributed by atoms with Gasteiger partial charge in [0.15, 0.2) is 4.34 Å². The fourth-order valence-electron chi connectivity index (χ4n) is 0.401. The van der Waals surface area contributed by atoms with Gasteiger partial charge in [0, 0.05) is 11.7 Å². The number of hydrogen-bond donors (Lipinski definition) is 1. The van der Waals surface area contributed by atoms with Crippen LogP contribution < -0.4 is 4.73 Å². The highest BCUT2D eigenvalue weighted by atomic mass is 35.5. The number of nitrogens with zero attached hydrogens (tertiary/aromatic N) is 1. The molecule has 1 N–H and O–H groups in total. The topological polar surface area (TPSA) is 24.1 Å². The van der Waals surface area contributed by atoms with Gasteiger partial charge in [-0.15, -0.1) is 0 Å². The highest BCUT2D eigenvalue weighted by Crippen LogP contribution is 2.14. The molecule has 1 aromatic heterocycles. The van der Waals surface area contributed by atoms with Crippen molar-refractivity contribution in [2.45, 2.75) is 6.92 Å². The van der Waals surface area contributed by atoms with Gasteiger partial charge in [0.05, 0.1) is 0 Å². The summed E-state index contributed by atoms with van der Waals surface area (Å²) in [5.41, 5.74) is 0. The Hall–Kier alpha value is -0.280. The minimum absolute atomic E-state index is 0.602. The van der Waals surface area contributed by atoms with Crippen LogP contribution >= 0.6 is 22.9 Å². The molecule has 0 amide bonds. The lowest BCUT2D eigenvalue weighted by Gasteiger charge is -1.70. The van der Waals surface area contributed by atoms with Crippen LogP contribution in [0, 0.1) is 6.92 Å². The fraction of sp³-hybridized carbons (Fsp3) is 0.250. The van der Waals surface area contributed by atoms with Crippen molar-refractivity contribution in [2.24, 2.45) is 0 Å². The van der Waals surface area contributed by atoms with Gasteiger partial charge in [-0.25, -0.2) is 0 Å². The van der Waals surface area contributed by atoms with Crippen LogP contribution in [0.1, 0.15) is 5.01 Å². The van der Waals surface area contributed by atoms with Crippen molar-refractivity contribution in [1.29, 1.82) is 0 Å². The molecule has 0 radical (unpaired) electrons. The summed E-state index contributed by atoms with van der Waals surface area (Å²) in [4.78, 5) is 0. The second-order valence-corrected chi connectivity index (χ2v) is 3.26. The third-order valence-corrected chi connectivity index (χ3v) is 1.90. The minimum atomic E-state index is 0.602. The molecule has 0 aliphatic heterocycles.